The second kappa shape index (κ2) is 6.70. The monoisotopic (exact) mass is 371 g/mol. The number of sulfonamides is 1. The number of hydrogen-bond acceptors (Lipinski definition) is 5. The standard InChI is InChI=1S/C16H21NO5S2/c1-5-17(10-14-6-7-22-11-14)24(20,21)16-9-12(2)8-15(13(16)3)23(4,18)19/h6-9,11H,5,10H2,1-4H3. The van der Waals surface area contributed by atoms with Crippen molar-refractivity contribution in [1.29, 1.82) is 0 Å². The van der Waals surface area contributed by atoms with Crippen LogP contribution in [0.15, 0.2) is 44.9 Å². The van der Waals surface area contributed by atoms with Gasteiger partial charge in [0.25, 0.3) is 0 Å². The molecular formula is C16H21NO5S2. The van der Waals surface area contributed by atoms with Crippen LogP contribution in [0.3, 0.4) is 0 Å². The van der Waals surface area contributed by atoms with E-state index in [0.29, 0.717) is 5.56 Å². The summed E-state index contributed by atoms with van der Waals surface area (Å²) >= 11 is 0. The molecule has 0 atom stereocenters. The highest BCUT2D eigenvalue weighted by Gasteiger charge is 2.28. The topological polar surface area (TPSA) is 84.7 Å². The molecule has 132 valence electrons. The van der Waals surface area contributed by atoms with Gasteiger partial charge in [-0.3, -0.25) is 0 Å². The van der Waals surface area contributed by atoms with Gasteiger partial charge in [0.05, 0.1) is 22.3 Å². The van der Waals surface area contributed by atoms with E-state index in [4.69, 9.17) is 4.42 Å². The van der Waals surface area contributed by atoms with E-state index in [-0.39, 0.29) is 28.4 Å². The van der Waals surface area contributed by atoms with Gasteiger partial charge in [-0.2, -0.15) is 4.31 Å². The first-order valence-electron chi connectivity index (χ1n) is 7.40. The highest BCUT2D eigenvalue weighted by molar-refractivity contribution is 7.91. The summed E-state index contributed by atoms with van der Waals surface area (Å²) in [6, 6.07) is 4.70. The Balaban J connectivity index is 2.58. The van der Waals surface area contributed by atoms with Crippen molar-refractivity contribution in [1.82, 2.24) is 4.31 Å². The Labute approximate surface area is 143 Å². The van der Waals surface area contributed by atoms with Crippen LogP contribution < -0.4 is 0 Å². The van der Waals surface area contributed by atoms with Crippen molar-refractivity contribution in [2.45, 2.75) is 37.1 Å². The van der Waals surface area contributed by atoms with Gasteiger partial charge in [0, 0.05) is 24.9 Å². The second-order valence-electron chi connectivity index (χ2n) is 5.72. The summed E-state index contributed by atoms with van der Waals surface area (Å²) < 4.78 is 56.3. The average molecular weight is 371 g/mol. The van der Waals surface area contributed by atoms with E-state index in [1.165, 1.54) is 35.9 Å². The van der Waals surface area contributed by atoms with Crippen molar-refractivity contribution in [2.75, 3.05) is 12.8 Å². The minimum absolute atomic E-state index is 0.0215. The van der Waals surface area contributed by atoms with Crippen LogP contribution in [0.1, 0.15) is 23.6 Å². The first kappa shape index (κ1) is 18.7. The Morgan fingerprint density at radius 2 is 1.71 bits per heavy atom. The summed E-state index contributed by atoms with van der Waals surface area (Å²) in [5.74, 6) is 0. The van der Waals surface area contributed by atoms with Crippen LogP contribution in [0.25, 0.3) is 0 Å². The maximum absolute atomic E-state index is 13.0. The lowest BCUT2D eigenvalue weighted by Gasteiger charge is -2.22. The quantitative estimate of drug-likeness (QED) is 0.779. The zero-order chi connectivity index (χ0) is 18.1. The number of nitrogens with zero attached hydrogens (tertiary/aromatic N) is 1. The zero-order valence-electron chi connectivity index (χ0n) is 14.1. The summed E-state index contributed by atoms with van der Waals surface area (Å²) in [5.41, 5.74) is 1.56. The van der Waals surface area contributed by atoms with Gasteiger partial charge in [-0.25, -0.2) is 16.8 Å². The molecule has 2 aromatic rings. The number of hydrogen-bond donors (Lipinski definition) is 0. The molecule has 0 saturated heterocycles. The smallest absolute Gasteiger partial charge is 0.243 e. The third kappa shape index (κ3) is 3.71. The van der Waals surface area contributed by atoms with Crippen molar-refractivity contribution in [3.8, 4) is 0 Å². The third-order valence-corrected chi connectivity index (χ3v) is 7.04. The predicted molar refractivity (Wildman–Crippen MR) is 91.0 cm³/mol. The van der Waals surface area contributed by atoms with Crippen LogP contribution in [0.4, 0.5) is 0 Å². The molecule has 0 amide bonds. The molecule has 0 N–H and O–H groups in total. The largest absolute Gasteiger partial charge is 0.472 e. The van der Waals surface area contributed by atoms with Crippen molar-refractivity contribution in [3.05, 3.63) is 47.4 Å². The van der Waals surface area contributed by atoms with Gasteiger partial charge in [0.1, 0.15) is 0 Å². The minimum atomic E-state index is -3.84. The number of furan rings is 1. The molecule has 0 radical (unpaired) electrons. The van der Waals surface area contributed by atoms with Gasteiger partial charge in [0.2, 0.25) is 10.0 Å². The van der Waals surface area contributed by atoms with E-state index in [0.717, 1.165) is 11.8 Å². The Kier molecular flexibility index (Phi) is 5.22. The Morgan fingerprint density at radius 3 is 2.21 bits per heavy atom. The molecule has 0 bridgehead atoms. The van der Waals surface area contributed by atoms with Crippen molar-refractivity contribution >= 4 is 19.9 Å². The molecule has 0 saturated carbocycles. The summed E-state index contributed by atoms with van der Waals surface area (Å²) in [7, 11) is -7.36. The van der Waals surface area contributed by atoms with Gasteiger partial charge >= 0.3 is 0 Å². The Morgan fingerprint density at radius 1 is 1.08 bits per heavy atom. The Bertz CT molecular complexity index is 929. The van der Waals surface area contributed by atoms with Gasteiger partial charge in [0.15, 0.2) is 9.84 Å². The molecule has 1 aromatic heterocycles. The molecule has 0 unspecified atom stereocenters. The van der Waals surface area contributed by atoms with Crippen LogP contribution >= 0.6 is 0 Å². The fraction of sp³-hybridized carbons (Fsp3) is 0.375. The molecule has 0 aliphatic rings. The van der Waals surface area contributed by atoms with E-state index < -0.39 is 19.9 Å². The fourth-order valence-electron chi connectivity index (χ4n) is 2.54. The SMILES string of the molecule is CCN(Cc1ccoc1)S(=O)(=O)c1cc(C)cc(S(C)(=O)=O)c1C. The molecule has 8 heteroatoms. The van der Waals surface area contributed by atoms with Crippen LogP contribution in [0, 0.1) is 13.8 Å². The molecule has 24 heavy (non-hydrogen) atoms. The molecule has 6 nitrogen and oxygen atoms in total. The average Bonchev–Trinajstić information content (AvgIpc) is 2.98. The second-order valence-corrected chi connectivity index (χ2v) is 9.61. The van der Waals surface area contributed by atoms with Crippen molar-refractivity contribution in [3.63, 3.8) is 0 Å². The van der Waals surface area contributed by atoms with Crippen molar-refractivity contribution < 1.29 is 21.3 Å². The first-order valence-corrected chi connectivity index (χ1v) is 10.7. The molecule has 0 aliphatic heterocycles. The normalized spacial score (nSPS) is 12.7. The molecule has 1 aromatic carbocycles. The van der Waals surface area contributed by atoms with E-state index in [1.54, 1.807) is 19.9 Å². The molecule has 0 aliphatic carbocycles. The van der Waals surface area contributed by atoms with Crippen LogP contribution in [0.5, 0.6) is 0 Å². The van der Waals surface area contributed by atoms with Gasteiger partial charge in [-0.05, 0) is 43.2 Å². The van der Waals surface area contributed by atoms with Crippen molar-refractivity contribution in [2.24, 2.45) is 0 Å². The van der Waals surface area contributed by atoms with Crippen LogP contribution in [-0.2, 0) is 26.4 Å². The lowest BCUT2D eigenvalue weighted by atomic mass is 10.2. The number of sulfone groups is 1. The lowest BCUT2D eigenvalue weighted by molar-refractivity contribution is 0.420. The third-order valence-electron chi connectivity index (χ3n) is 3.77. The van der Waals surface area contributed by atoms with E-state index in [9.17, 15) is 16.8 Å². The van der Waals surface area contributed by atoms with Gasteiger partial charge in [-0.1, -0.05) is 6.92 Å². The fourth-order valence-corrected chi connectivity index (χ4v) is 5.44. The van der Waals surface area contributed by atoms with Gasteiger partial charge in [-0.15, -0.1) is 0 Å². The molecular weight excluding hydrogens is 350 g/mol. The number of aryl methyl sites for hydroxylation is 1. The molecule has 0 spiro atoms. The van der Waals surface area contributed by atoms with Gasteiger partial charge < -0.3 is 4.42 Å². The minimum Gasteiger partial charge on any atom is -0.472 e. The van der Waals surface area contributed by atoms with E-state index >= 15 is 0 Å². The number of rotatable bonds is 6. The first-order chi connectivity index (χ1) is 11.1. The lowest BCUT2D eigenvalue weighted by Crippen LogP contribution is -2.31. The van der Waals surface area contributed by atoms with Crippen LogP contribution in [0.2, 0.25) is 0 Å². The van der Waals surface area contributed by atoms with Crippen LogP contribution in [-0.4, -0.2) is 33.9 Å². The zero-order valence-corrected chi connectivity index (χ0v) is 15.7. The predicted octanol–water partition coefficient (Wildman–Crippen LogP) is 2.51. The Hall–Kier alpha value is -1.64. The summed E-state index contributed by atoms with van der Waals surface area (Å²) in [6.45, 7) is 5.36. The summed E-state index contributed by atoms with van der Waals surface area (Å²) in [4.78, 5) is 0.0636. The van der Waals surface area contributed by atoms with E-state index in [1.807, 2.05) is 0 Å². The summed E-state index contributed by atoms with van der Waals surface area (Å²) in [5, 5.41) is 0. The van der Waals surface area contributed by atoms with E-state index in [2.05, 4.69) is 0 Å². The maximum Gasteiger partial charge on any atom is 0.243 e. The summed E-state index contributed by atoms with van der Waals surface area (Å²) in [6.07, 6.45) is 4.05. The molecule has 2 rings (SSSR count). The molecule has 0 fully saturated rings. The maximum atomic E-state index is 13.0. The molecule has 1 heterocycles. The number of benzene rings is 1. The highest BCUT2D eigenvalue weighted by Crippen LogP contribution is 2.28. The highest BCUT2D eigenvalue weighted by atomic mass is 32.2.